The van der Waals surface area contributed by atoms with E-state index in [9.17, 15) is 4.79 Å². The van der Waals surface area contributed by atoms with Gasteiger partial charge in [0, 0.05) is 29.9 Å². The predicted octanol–water partition coefficient (Wildman–Crippen LogP) is 5.27. The van der Waals surface area contributed by atoms with E-state index in [0.29, 0.717) is 5.75 Å². The highest BCUT2D eigenvalue weighted by Gasteiger charge is 2.38. The molecule has 0 unspecified atom stereocenters. The van der Waals surface area contributed by atoms with Crippen molar-refractivity contribution in [3.63, 3.8) is 0 Å². The summed E-state index contributed by atoms with van der Waals surface area (Å²) in [6.45, 7) is 4.35. The number of carbonyl (C=O) groups excluding carboxylic acids is 1. The van der Waals surface area contributed by atoms with E-state index in [0.717, 1.165) is 20.3 Å². The topological polar surface area (TPSA) is 33.2 Å². The van der Waals surface area contributed by atoms with Crippen molar-refractivity contribution in [1.82, 2.24) is 4.98 Å². The molecule has 1 aromatic heterocycles. The Morgan fingerprint density at radius 3 is 2.69 bits per heavy atom. The van der Waals surface area contributed by atoms with Gasteiger partial charge in [0.05, 0.1) is 16.0 Å². The molecule has 1 aliphatic rings. The van der Waals surface area contributed by atoms with Gasteiger partial charge in [0.2, 0.25) is 0 Å². The number of carbonyl (C=O) groups is 1. The summed E-state index contributed by atoms with van der Waals surface area (Å²) in [6, 6.07) is 16.4. The second-order valence-corrected chi connectivity index (χ2v) is 9.19. The van der Waals surface area contributed by atoms with Gasteiger partial charge >= 0.3 is 0 Å². The molecule has 0 spiro atoms. The highest BCUT2D eigenvalue weighted by molar-refractivity contribution is 8.01. The first-order chi connectivity index (χ1) is 12.5. The van der Waals surface area contributed by atoms with E-state index in [2.05, 4.69) is 48.0 Å². The lowest BCUT2D eigenvalue weighted by Gasteiger charge is -2.23. The lowest BCUT2D eigenvalue weighted by molar-refractivity contribution is -0.112. The molecule has 132 valence electrons. The summed E-state index contributed by atoms with van der Waals surface area (Å²) in [5.41, 5.74) is 4.32. The molecule has 0 amide bonds. The van der Waals surface area contributed by atoms with Gasteiger partial charge in [-0.15, -0.1) is 11.3 Å². The van der Waals surface area contributed by atoms with Gasteiger partial charge < -0.3 is 4.90 Å². The molecule has 3 aromatic rings. The van der Waals surface area contributed by atoms with Crippen LogP contribution in [0.25, 0.3) is 10.2 Å². The maximum absolute atomic E-state index is 12.6. The van der Waals surface area contributed by atoms with E-state index in [1.165, 1.54) is 23.0 Å². The predicted molar refractivity (Wildman–Crippen MR) is 111 cm³/mol. The van der Waals surface area contributed by atoms with Crippen molar-refractivity contribution in [2.75, 3.05) is 17.7 Å². The lowest BCUT2D eigenvalue weighted by atomic mass is 9.83. The third-order valence-electron chi connectivity index (χ3n) is 4.85. The SMILES string of the molecule is CN1/C(=C/C(=O)CSc2nc3ccccc3s2)C(C)(C)c2ccccc21. The number of allylic oxidation sites excluding steroid dienone is 2. The summed E-state index contributed by atoms with van der Waals surface area (Å²) in [5.74, 6) is 0.529. The summed E-state index contributed by atoms with van der Waals surface area (Å²) in [4.78, 5) is 19.4. The highest BCUT2D eigenvalue weighted by Crippen LogP contribution is 2.46. The molecule has 0 fully saturated rings. The van der Waals surface area contributed by atoms with Crippen molar-refractivity contribution in [3.8, 4) is 0 Å². The largest absolute Gasteiger partial charge is 0.347 e. The summed E-state index contributed by atoms with van der Waals surface area (Å²) in [6.07, 6.45) is 1.81. The fraction of sp³-hybridized carbons (Fsp3) is 0.238. The number of para-hydroxylation sites is 2. The van der Waals surface area contributed by atoms with E-state index >= 15 is 0 Å². The molecule has 1 aliphatic heterocycles. The first-order valence-electron chi connectivity index (χ1n) is 8.53. The number of fused-ring (bicyclic) bond motifs is 2. The Labute approximate surface area is 161 Å². The molecule has 0 radical (unpaired) electrons. The first-order valence-corrected chi connectivity index (χ1v) is 10.3. The maximum atomic E-state index is 12.6. The maximum Gasteiger partial charge on any atom is 0.167 e. The summed E-state index contributed by atoms with van der Waals surface area (Å²) < 4.78 is 2.10. The number of ketones is 1. The standard InChI is InChI=1S/C21H20N2OS2/c1-21(2)15-8-4-6-10-17(15)23(3)19(21)12-14(24)13-25-20-22-16-9-5-7-11-18(16)26-20/h4-12H,13H2,1-3H3/b19-12+. The average molecular weight is 381 g/mol. The van der Waals surface area contributed by atoms with Crippen LogP contribution >= 0.6 is 23.1 Å². The van der Waals surface area contributed by atoms with Gasteiger partial charge in [0.15, 0.2) is 10.1 Å². The van der Waals surface area contributed by atoms with Crippen molar-refractivity contribution in [3.05, 3.63) is 65.9 Å². The van der Waals surface area contributed by atoms with Crippen LogP contribution in [-0.4, -0.2) is 23.6 Å². The number of thiazole rings is 1. The molecule has 5 heteroatoms. The van der Waals surface area contributed by atoms with Crippen LogP contribution in [0.3, 0.4) is 0 Å². The van der Waals surface area contributed by atoms with Gasteiger partial charge in [0.25, 0.3) is 0 Å². The third-order valence-corrected chi connectivity index (χ3v) is 7.05. The van der Waals surface area contributed by atoms with Crippen LogP contribution in [0.15, 0.2) is 64.6 Å². The second-order valence-electron chi connectivity index (χ2n) is 6.93. The normalized spacial score (nSPS) is 17.0. The van der Waals surface area contributed by atoms with E-state index in [1.807, 2.05) is 31.3 Å². The monoisotopic (exact) mass is 380 g/mol. The molecular weight excluding hydrogens is 360 g/mol. The minimum atomic E-state index is -0.165. The third kappa shape index (κ3) is 2.95. The van der Waals surface area contributed by atoms with E-state index in [-0.39, 0.29) is 11.2 Å². The molecule has 0 bridgehead atoms. The Morgan fingerprint density at radius 2 is 1.92 bits per heavy atom. The molecular formula is C21H20N2OS2. The fourth-order valence-corrected chi connectivity index (χ4v) is 5.39. The van der Waals surface area contributed by atoms with Crippen LogP contribution in [0.4, 0.5) is 5.69 Å². The summed E-state index contributed by atoms with van der Waals surface area (Å²) in [5, 5.41) is 0. The zero-order valence-corrected chi connectivity index (χ0v) is 16.7. The highest BCUT2D eigenvalue weighted by atomic mass is 32.2. The number of aromatic nitrogens is 1. The number of nitrogens with zero attached hydrogens (tertiary/aromatic N) is 2. The van der Waals surface area contributed by atoms with Crippen LogP contribution in [-0.2, 0) is 10.2 Å². The molecule has 2 heterocycles. The Hall–Kier alpha value is -2.11. The first kappa shape index (κ1) is 17.3. The fourth-order valence-electron chi connectivity index (χ4n) is 3.50. The van der Waals surface area contributed by atoms with Crippen LogP contribution in [0.1, 0.15) is 19.4 Å². The van der Waals surface area contributed by atoms with Gasteiger partial charge in [-0.3, -0.25) is 4.79 Å². The number of anilines is 1. The zero-order chi connectivity index (χ0) is 18.3. The molecule has 0 N–H and O–H groups in total. The number of benzene rings is 2. The van der Waals surface area contributed by atoms with Crippen molar-refractivity contribution in [2.24, 2.45) is 0 Å². The Morgan fingerprint density at radius 1 is 1.19 bits per heavy atom. The van der Waals surface area contributed by atoms with Crippen LogP contribution in [0.5, 0.6) is 0 Å². The Balaban J connectivity index is 1.52. The summed E-state index contributed by atoms with van der Waals surface area (Å²) >= 11 is 3.16. The molecule has 26 heavy (non-hydrogen) atoms. The number of thioether (sulfide) groups is 1. The summed E-state index contributed by atoms with van der Waals surface area (Å²) in [7, 11) is 2.04. The molecule has 0 aliphatic carbocycles. The van der Waals surface area contributed by atoms with Crippen LogP contribution < -0.4 is 4.90 Å². The molecule has 3 nitrogen and oxygen atoms in total. The number of hydrogen-bond donors (Lipinski definition) is 0. The van der Waals surface area contributed by atoms with Crippen LogP contribution in [0, 0.1) is 0 Å². The minimum absolute atomic E-state index is 0.122. The van der Waals surface area contributed by atoms with Gasteiger partial charge in [-0.1, -0.05) is 55.9 Å². The molecule has 0 saturated carbocycles. The van der Waals surface area contributed by atoms with E-state index in [1.54, 1.807) is 17.4 Å². The van der Waals surface area contributed by atoms with Crippen molar-refractivity contribution >= 4 is 44.8 Å². The molecule has 4 rings (SSSR count). The Bertz CT molecular complexity index is 987. The lowest BCUT2D eigenvalue weighted by Crippen LogP contribution is -2.24. The minimum Gasteiger partial charge on any atom is -0.347 e. The van der Waals surface area contributed by atoms with Gasteiger partial charge in [-0.2, -0.15) is 0 Å². The van der Waals surface area contributed by atoms with Crippen molar-refractivity contribution in [1.29, 1.82) is 0 Å². The number of likely N-dealkylation sites (N-methyl/N-ethyl adjacent to an activating group) is 1. The quantitative estimate of drug-likeness (QED) is 0.456. The zero-order valence-electron chi connectivity index (χ0n) is 15.0. The second kappa shape index (κ2) is 6.56. The van der Waals surface area contributed by atoms with Gasteiger partial charge in [-0.05, 0) is 23.8 Å². The van der Waals surface area contributed by atoms with Gasteiger partial charge in [0.1, 0.15) is 0 Å². The average Bonchev–Trinajstić information content (AvgIpc) is 3.13. The van der Waals surface area contributed by atoms with Crippen molar-refractivity contribution < 1.29 is 4.79 Å². The number of rotatable bonds is 4. The molecule has 2 aromatic carbocycles. The van der Waals surface area contributed by atoms with E-state index < -0.39 is 0 Å². The van der Waals surface area contributed by atoms with Gasteiger partial charge in [-0.25, -0.2) is 4.98 Å². The van der Waals surface area contributed by atoms with E-state index in [4.69, 9.17) is 0 Å². The van der Waals surface area contributed by atoms with Crippen molar-refractivity contribution in [2.45, 2.75) is 23.6 Å². The Kier molecular flexibility index (Phi) is 4.37. The number of hydrogen-bond acceptors (Lipinski definition) is 5. The molecule has 0 saturated heterocycles. The van der Waals surface area contributed by atoms with Crippen LogP contribution in [0.2, 0.25) is 0 Å². The smallest absolute Gasteiger partial charge is 0.167 e. The molecule has 0 atom stereocenters.